The van der Waals surface area contributed by atoms with Crippen molar-refractivity contribution in [3.63, 3.8) is 0 Å². The summed E-state index contributed by atoms with van der Waals surface area (Å²) in [6.07, 6.45) is -0.642. The fourth-order valence-electron chi connectivity index (χ4n) is 1.89. The Morgan fingerprint density at radius 3 is 2.79 bits per heavy atom. The molecule has 1 aromatic heterocycles. The lowest BCUT2D eigenvalue weighted by Gasteiger charge is -2.04. The van der Waals surface area contributed by atoms with E-state index in [9.17, 15) is 9.18 Å². The van der Waals surface area contributed by atoms with Crippen LogP contribution < -0.4 is 5.32 Å². The second kappa shape index (κ2) is 7.50. The van der Waals surface area contributed by atoms with Crippen LogP contribution >= 0.6 is 27.3 Å². The number of halogens is 2. The average molecular weight is 408 g/mol. The molecule has 5 nitrogen and oxygen atoms in total. The van der Waals surface area contributed by atoms with Gasteiger partial charge in [0.05, 0.1) is 0 Å². The number of hydrogen-bond acceptors (Lipinski definition) is 5. The van der Waals surface area contributed by atoms with Crippen LogP contribution in [0.5, 0.6) is 0 Å². The molecule has 2 aromatic carbocycles. The smallest absolute Gasteiger partial charge is 0.413 e. The van der Waals surface area contributed by atoms with Gasteiger partial charge in [-0.05, 0) is 23.8 Å². The van der Waals surface area contributed by atoms with Crippen LogP contribution in [0.1, 0.15) is 5.56 Å². The lowest BCUT2D eigenvalue weighted by molar-refractivity contribution is 0.155. The van der Waals surface area contributed by atoms with Crippen LogP contribution in [0.15, 0.2) is 53.0 Å². The highest BCUT2D eigenvalue weighted by Crippen LogP contribution is 2.30. The molecule has 0 fully saturated rings. The number of nitrogens with one attached hydrogen (secondary N) is 1. The van der Waals surface area contributed by atoms with Gasteiger partial charge < -0.3 is 4.74 Å². The number of anilines is 1. The summed E-state index contributed by atoms with van der Waals surface area (Å²) >= 11 is 4.35. The first-order valence-corrected chi connectivity index (χ1v) is 8.49. The van der Waals surface area contributed by atoms with E-state index in [4.69, 9.17) is 4.74 Å². The molecular formula is C16H11BrFN3O2S. The molecule has 1 heterocycles. The van der Waals surface area contributed by atoms with E-state index in [-0.39, 0.29) is 11.7 Å². The predicted octanol–water partition coefficient (Wildman–Crippen LogP) is 4.86. The van der Waals surface area contributed by atoms with Crippen molar-refractivity contribution in [2.24, 2.45) is 0 Å². The van der Waals surface area contributed by atoms with Crippen molar-refractivity contribution >= 4 is 38.5 Å². The quantitative estimate of drug-likeness (QED) is 0.670. The van der Waals surface area contributed by atoms with Gasteiger partial charge in [0, 0.05) is 10.0 Å². The monoisotopic (exact) mass is 407 g/mol. The van der Waals surface area contributed by atoms with Crippen molar-refractivity contribution in [3.8, 4) is 10.6 Å². The number of carbonyl (C=O) groups is 1. The van der Waals surface area contributed by atoms with Crippen LogP contribution in [0.4, 0.5) is 14.3 Å². The third kappa shape index (κ3) is 4.15. The van der Waals surface area contributed by atoms with Gasteiger partial charge in [-0.3, -0.25) is 5.32 Å². The van der Waals surface area contributed by atoms with Gasteiger partial charge in [-0.25, -0.2) is 9.18 Å². The average Bonchev–Trinajstić information content (AvgIpc) is 3.04. The molecule has 0 atom stereocenters. The Labute approximate surface area is 149 Å². The summed E-state index contributed by atoms with van der Waals surface area (Å²) in [5.41, 5.74) is 1.19. The summed E-state index contributed by atoms with van der Waals surface area (Å²) in [7, 11) is 0. The number of ether oxygens (including phenoxy) is 1. The summed E-state index contributed by atoms with van der Waals surface area (Å²) in [5.74, 6) is -0.410. The minimum Gasteiger partial charge on any atom is -0.444 e. The third-order valence-corrected chi connectivity index (χ3v) is 4.37. The van der Waals surface area contributed by atoms with Crippen molar-refractivity contribution in [1.82, 2.24) is 10.2 Å². The number of hydrogen-bond donors (Lipinski definition) is 1. The Morgan fingerprint density at radius 1 is 1.21 bits per heavy atom. The Morgan fingerprint density at radius 2 is 2.00 bits per heavy atom. The fourth-order valence-corrected chi connectivity index (χ4v) is 3.00. The Hall–Kier alpha value is -2.32. The fraction of sp³-hybridized carbons (Fsp3) is 0.0625. The van der Waals surface area contributed by atoms with E-state index in [1.807, 2.05) is 30.3 Å². The van der Waals surface area contributed by atoms with Crippen molar-refractivity contribution < 1.29 is 13.9 Å². The van der Waals surface area contributed by atoms with E-state index in [2.05, 4.69) is 31.4 Å². The molecule has 8 heteroatoms. The molecule has 0 radical (unpaired) electrons. The van der Waals surface area contributed by atoms with E-state index in [1.165, 1.54) is 6.07 Å². The zero-order chi connectivity index (χ0) is 16.9. The lowest BCUT2D eigenvalue weighted by atomic mass is 10.2. The molecule has 122 valence electrons. The maximum Gasteiger partial charge on any atom is 0.413 e. The second-order valence-electron chi connectivity index (χ2n) is 4.72. The SMILES string of the molecule is O=C(Nc1nnc(-c2cc(Br)ccc2F)s1)OCc1ccccc1. The second-order valence-corrected chi connectivity index (χ2v) is 6.62. The maximum absolute atomic E-state index is 13.8. The molecule has 0 spiro atoms. The van der Waals surface area contributed by atoms with Gasteiger partial charge in [-0.2, -0.15) is 0 Å². The molecule has 0 saturated heterocycles. The molecule has 0 aliphatic heterocycles. The van der Waals surface area contributed by atoms with E-state index in [1.54, 1.807) is 12.1 Å². The topological polar surface area (TPSA) is 64.1 Å². The highest BCUT2D eigenvalue weighted by atomic mass is 79.9. The van der Waals surface area contributed by atoms with Gasteiger partial charge >= 0.3 is 6.09 Å². The van der Waals surface area contributed by atoms with E-state index in [0.717, 1.165) is 21.4 Å². The highest BCUT2D eigenvalue weighted by molar-refractivity contribution is 9.10. The van der Waals surface area contributed by atoms with Gasteiger partial charge in [0.2, 0.25) is 5.13 Å². The van der Waals surface area contributed by atoms with Crippen molar-refractivity contribution in [3.05, 3.63) is 64.4 Å². The Kier molecular flexibility index (Phi) is 5.17. The summed E-state index contributed by atoms with van der Waals surface area (Å²) in [6.45, 7) is 0.151. The first-order valence-electron chi connectivity index (χ1n) is 6.88. The minimum atomic E-state index is -0.642. The lowest BCUT2D eigenvalue weighted by Crippen LogP contribution is -2.13. The number of nitrogens with zero attached hydrogens (tertiary/aromatic N) is 2. The number of rotatable bonds is 4. The van der Waals surface area contributed by atoms with Crippen molar-refractivity contribution in [2.45, 2.75) is 6.61 Å². The van der Waals surface area contributed by atoms with Crippen molar-refractivity contribution in [2.75, 3.05) is 5.32 Å². The van der Waals surface area contributed by atoms with Gasteiger partial charge in [0.1, 0.15) is 12.4 Å². The largest absolute Gasteiger partial charge is 0.444 e. The maximum atomic E-state index is 13.8. The van der Waals surface area contributed by atoms with E-state index in [0.29, 0.717) is 10.6 Å². The van der Waals surface area contributed by atoms with Crippen LogP contribution in [0.25, 0.3) is 10.6 Å². The molecule has 1 amide bonds. The zero-order valence-electron chi connectivity index (χ0n) is 12.2. The standard InChI is InChI=1S/C16H11BrFN3O2S/c17-11-6-7-13(18)12(8-11)14-20-21-15(24-14)19-16(22)23-9-10-4-2-1-3-5-10/h1-8H,9H2,(H,19,21,22). The number of benzene rings is 2. The summed E-state index contributed by atoms with van der Waals surface area (Å²) in [4.78, 5) is 11.8. The van der Waals surface area contributed by atoms with Gasteiger partial charge in [-0.15, -0.1) is 10.2 Å². The van der Waals surface area contributed by atoms with Crippen LogP contribution in [0, 0.1) is 5.82 Å². The molecular weight excluding hydrogens is 397 g/mol. The van der Waals surface area contributed by atoms with Gasteiger partial charge in [-0.1, -0.05) is 57.6 Å². The van der Waals surface area contributed by atoms with Crippen molar-refractivity contribution in [1.29, 1.82) is 0 Å². The third-order valence-electron chi connectivity index (χ3n) is 3.01. The predicted molar refractivity (Wildman–Crippen MR) is 93.3 cm³/mol. The summed E-state index contributed by atoms with van der Waals surface area (Å²) < 4.78 is 19.7. The van der Waals surface area contributed by atoms with Crippen LogP contribution in [-0.4, -0.2) is 16.3 Å². The molecule has 0 bridgehead atoms. The molecule has 0 saturated carbocycles. The summed E-state index contributed by atoms with van der Waals surface area (Å²) in [6, 6.07) is 13.8. The minimum absolute atomic E-state index is 0.151. The van der Waals surface area contributed by atoms with E-state index >= 15 is 0 Å². The molecule has 24 heavy (non-hydrogen) atoms. The number of carbonyl (C=O) groups excluding carboxylic acids is 1. The normalized spacial score (nSPS) is 10.4. The number of aromatic nitrogens is 2. The van der Waals surface area contributed by atoms with Gasteiger partial charge in [0.15, 0.2) is 5.01 Å². The molecule has 3 aromatic rings. The summed E-state index contributed by atoms with van der Waals surface area (Å²) in [5, 5.41) is 10.8. The van der Waals surface area contributed by atoms with Crippen LogP contribution in [-0.2, 0) is 11.3 Å². The van der Waals surface area contributed by atoms with Gasteiger partial charge in [0.25, 0.3) is 0 Å². The first kappa shape index (κ1) is 16.5. The molecule has 1 N–H and O–H groups in total. The molecule has 0 unspecified atom stereocenters. The highest BCUT2D eigenvalue weighted by Gasteiger charge is 2.14. The Balaban J connectivity index is 1.63. The zero-order valence-corrected chi connectivity index (χ0v) is 14.6. The number of amides is 1. The molecule has 3 rings (SSSR count). The van der Waals surface area contributed by atoms with Crippen LogP contribution in [0.3, 0.4) is 0 Å². The molecule has 0 aliphatic rings. The Bertz CT molecular complexity index is 858. The van der Waals surface area contributed by atoms with Crippen LogP contribution in [0.2, 0.25) is 0 Å². The van der Waals surface area contributed by atoms with E-state index < -0.39 is 11.9 Å². The molecule has 0 aliphatic carbocycles. The first-order chi connectivity index (χ1) is 11.6.